The Morgan fingerprint density at radius 3 is 2.53 bits per heavy atom. The molecule has 0 unspecified atom stereocenters. The Labute approximate surface area is 114 Å². The molecule has 0 aliphatic carbocycles. The predicted octanol–water partition coefficient (Wildman–Crippen LogP) is 3.62. The first-order valence-electron chi connectivity index (χ1n) is 5.12. The zero-order valence-electron chi connectivity index (χ0n) is 10.00. The number of anilines is 1. The summed E-state index contributed by atoms with van der Waals surface area (Å²) < 4.78 is 25.7. The average molecular weight is 280 g/mol. The number of nitrogens with zero attached hydrogens (tertiary/aromatic N) is 1. The summed E-state index contributed by atoms with van der Waals surface area (Å²) in [5.41, 5.74) is 0.254. The van der Waals surface area contributed by atoms with E-state index >= 15 is 0 Å². The summed E-state index contributed by atoms with van der Waals surface area (Å²) in [7, 11) is 0. The van der Waals surface area contributed by atoms with E-state index in [1.807, 2.05) is 0 Å². The number of benzene rings is 1. The van der Waals surface area contributed by atoms with Crippen LogP contribution in [0.25, 0.3) is 0 Å². The molecular formula is C13H10F2N2OS. The lowest BCUT2D eigenvalue weighted by molar-refractivity contribution is 0.422. The van der Waals surface area contributed by atoms with Crippen LogP contribution in [-0.4, -0.2) is 10.1 Å². The van der Waals surface area contributed by atoms with Gasteiger partial charge in [0.25, 0.3) is 0 Å². The number of allylic oxidation sites excluding steroid dienone is 1. The molecule has 1 aromatic carbocycles. The van der Waals surface area contributed by atoms with E-state index in [4.69, 9.17) is 17.5 Å². The molecule has 19 heavy (non-hydrogen) atoms. The summed E-state index contributed by atoms with van der Waals surface area (Å²) >= 11 is 4.92. The molecule has 0 saturated carbocycles. The molecule has 2 N–H and O–H groups in total. The number of nitriles is 1. The van der Waals surface area contributed by atoms with Crippen LogP contribution >= 0.6 is 12.2 Å². The molecule has 1 aromatic rings. The molecular weight excluding hydrogens is 270 g/mol. The molecule has 0 bridgehead atoms. The summed E-state index contributed by atoms with van der Waals surface area (Å²) in [6, 6.07) is 4.81. The van der Waals surface area contributed by atoms with Crippen molar-refractivity contribution in [3.05, 3.63) is 53.3 Å². The van der Waals surface area contributed by atoms with Crippen molar-refractivity contribution in [3.63, 3.8) is 0 Å². The second kappa shape index (κ2) is 6.07. The zero-order chi connectivity index (χ0) is 14.6. The van der Waals surface area contributed by atoms with E-state index in [1.165, 1.54) is 13.0 Å². The number of nitrogens with one attached hydrogen (secondary N) is 1. The molecule has 0 atom stereocenters. The highest BCUT2D eigenvalue weighted by Gasteiger charge is 2.13. The number of halogens is 2. The SMILES string of the molecule is C=C(C)/C(O)=C(\C#N)C(=S)Nc1ccc(F)c(F)c1. The molecule has 0 spiro atoms. The maximum absolute atomic E-state index is 13.0. The van der Waals surface area contributed by atoms with Crippen LogP contribution in [-0.2, 0) is 0 Å². The smallest absolute Gasteiger partial charge is 0.160 e. The number of hydrogen-bond acceptors (Lipinski definition) is 3. The monoisotopic (exact) mass is 280 g/mol. The minimum atomic E-state index is -1.04. The van der Waals surface area contributed by atoms with Crippen LogP contribution in [0.4, 0.5) is 14.5 Å². The molecule has 0 amide bonds. The Balaban J connectivity index is 3.02. The standard InChI is InChI=1S/C13H10F2N2OS/c1-7(2)12(18)9(6-16)13(19)17-8-3-4-10(14)11(15)5-8/h3-5,18H,1H2,2H3,(H,17,19)/b12-9-. The molecule has 0 heterocycles. The van der Waals surface area contributed by atoms with E-state index in [9.17, 15) is 13.9 Å². The van der Waals surface area contributed by atoms with Crippen LogP contribution in [0.5, 0.6) is 0 Å². The second-order valence-corrected chi connectivity index (χ2v) is 4.11. The molecule has 0 saturated heterocycles. The van der Waals surface area contributed by atoms with Gasteiger partial charge in [-0.3, -0.25) is 0 Å². The number of rotatable bonds is 3. The molecule has 0 aromatic heterocycles. The molecule has 6 heteroatoms. The zero-order valence-corrected chi connectivity index (χ0v) is 10.8. The molecule has 1 rings (SSSR count). The molecule has 0 aliphatic rings. The van der Waals surface area contributed by atoms with Crippen molar-refractivity contribution in [1.82, 2.24) is 0 Å². The predicted molar refractivity (Wildman–Crippen MR) is 72.7 cm³/mol. The summed E-state index contributed by atoms with van der Waals surface area (Å²) in [5, 5.41) is 21.1. The first-order chi connectivity index (χ1) is 8.86. The number of aliphatic hydroxyl groups is 1. The van der Waals surface area contributed by atoms with Gasteiger partial charge in [-0.15, -0.1) is 0 Å². The van der Waals surface area contributed by atoms with Crippen LogP contribution in [0.1, 0.15) is 6.92 Å². The van der Waals surface area contributed by atoms with Gasteiger partial charge in [-0.1, -0.05) is 18.8 Å². The largest absolute Gasteiger partial charge is 0.506 e. The Morgan fingerprint density at radius 1 is 1.42 bits per heavy atom. The number of hydrogen-bond donors (Lipinski definition) is 2. The van der Waals surface area contributed by atoms with Gasteiger partial charge in [0.1, 0.15) is 22.4 Å². The van der Waals surface area contributed by atoms with E-state index in [1.54, 1.807) is 6.07 Å². The van der Waals surface area contributed by atoms with E-state index in [0.29, 0.717) is 0 Å². The fraction of sp³-hybridized carbons (Fsp3) is 0.0769. The highest BCUT2D eigenvalue weighted by Crippen LogP contribution is 2.16. The van der Waals surface area contributed by atoms with Gasteiger partial charge in [0.05, 0.1) is 0 Å². The minimum absolute atomic E-state index is 0.103. The van der Waals surface area contributed by atoms with Crippen LogP contribution in [0.15, 0.2) is 41.7 Å². The molecule has 0 aliphatic heterocycles. The highest BCUT2D eigenvalue weighted by atomic mass is 32.1. The van der Waals surface area contributed by atoms with Gasteiger partial charge >= 0.3 is 0 Å². The fourth-order valence-corrected chi connectivity index (χ4v) is 1.45. The Kier molecular flexibility index (Phi) is 4.73. The van der Waals surface area contributed by atoms with Crippen LogP contribution < -0.4 is 5.32 Å². The van der Waals surface area contributed by atoms with E-state index < -0.39 is 11.6 Å². The average Bonchev–Trinajstić information content (AvgIpc) is 2.34. The third-order valence-electron chi connectivity index (χ3n) is 2.16. The fourth-order valence-electron chi connectivity index (χ4n) is 1.19. The van der Waals surface area contributed by atoms with Gasteiger partial charge in [0.15, 0.2) is 11.6 Å². The van der Waals surface area contributed by atoms with Gasteiger partial charge in [0.2, 0.25) is 0 Å². The van der Waals surface area contributed by atoms with Crippen molar-refractivity contribution in [3.8, 4) is 6.07 Å². The van der Waals surface area contributed by atoms with Crippen molar-refractivity contribution < 1.29 is 13.9 Å². The highest BCUT2D eigenvalue weighted by molar-refractivity contribution is 7.81. The molecule has 98 valence electrons. The van der Waals surface area contributed by atoms with Gasteiger partial charge in [-0.2, -0.15) is 5.26 Å². The number of aliphatic hydroxyl groups excluding tert-OH is 1. The topological polar surface area (TPSA) is 56.0 Å². The summed E-state index contributed by atoms with van der Waals surface area (Å²) in [6.45, 7) is 4.99. The molecule has 3 nitrogen and oxygen atoms in total. The van der Waals surface area contributed by atoms with Gasteiger partial charge in [-0.25, -0.2) is 8.78 Å². The maximum Gasteiger partial charge on any atom is 0.160 e. The Hall–Kier alpha value is -2.26. The first-order valence-corrected chi connectivity index (χ1v) is 5.53. The molecule has 0 fully saturated rings. The lowest BCUT2D eigenvalue weighted by atomic mass is 10.1. The summed E-state index contributed by atoms with van der Waals surface area (Å²) in [4.78, 5) is -0.103. The Bertz CT molecular complexity index is 618. The van der Waals surface area contributed by atoms with Crippen LogP contribution in [0, 0.1) is 23.0 Å². The Morgan fingerprint density at radius 2 is 2.05 bits per heavy atom. The second-order valence-electron chi connectivity index (χ2n) is 3.70. The lowest BCUT2D eigenvalue weighted by Gasteiger charge is -2.09. The normalized spacial score (nSPS) is 11.3. The van der Waals surface area contributed by atoms with Crippen molar-refractivity contribution in [2.45, 2.75) is 6.92 Å². The lowest BCUT2D eigenvalue weighted by Crippen LogP contribution is -2.13. The van der Waals surface area contributed by atoms with Crippen LogP contribution in [0.3, 0.4) is 0 Å². The van der Waals surface area contributed by atoms with Gasteiger partial charge < -0.3 is 10.4 Å². The summed E-state index contributed by atoms with van der Waals surface area (Å²) in [6.07, 6.45) is 0. The maximum atomic E-state index is 13.0. The van der Waals surface area contributed by atoms with Gasteiger partial charge in [0, 0.05) is 11.8 Å². The van der Waals surface area contributed by atoms with E-state index in [-0.39, 0.29) is 27.6 Å². The number of thiocarbonyl (C=S) groups is 1. The first kappa shape index (κ1) is 14.8. The van der Waals surface area contributed by atoms with Gasteiger partial charge in [-0.05, 0) is 24.6 Å². The summed E-state index contributed by atoms with van der Waals surface area (Å²) in [5.74, 6) is -2.38. The van der Waals surface area contributed by atoms with Crippen molar-refractivity contribution in [1.29, 1.82) is 5.26 Å². The van der Waals surface area contributed by atoms with E-state index in [0.717, 1.165) is 12.1 Å². The van der Waals surface area contributed by atoms with Crippen molar-refractivity contribution in [2.24, 2.45) is 0 Å². The quantitative estimate of drug-likeness (QED) is 0.292. The van der Waals surface area contributed by atoms with Crippen LogP contribution in [0.2, 0.25) is 0 Å². The van der Waals surface area contributed by atoms with E-state index in [2.05, 4.69) is 11.9 Å². The third kappa shape index (κ3) is 3.60. The van der Waals surface area contributed by atoms with Crippen molar-refractivity contribution in [2.75, 3.05) is 5.32 Å². The minimum Gasteiger partial charge on any atom is -0.506 e. The molecule has 0 radical (unpaired) electrons. The van der Waals surface area contributed by atoms with Crippen molar-refractivity contribution >= 4 is 22.9 Å². The third-order valence-corrected chi connectivity index (χ3v) is 2.46.